The zero-order valence-electron chi connectivity index (χ0n) is 23.8. The predicted octanol–water partition coefficient (Wildman–Crippen LogP) is 6.97. The Bertz CT molecular complexity index is 1860. The molecule has 2 heterocycles. The van der Waals surface area contributed by atoms with Crippen molar-refractivity contribution >= 4 is 79.9 Å². The summed E-state index contributed by atoms with van der Waals surface area (Å²) in [4.78, 5) is 38.9. The summed E-state index contributed by atoms with van der Waals surface area (Å²) in [6.45, 7) is 0. The van der Waals surface area contributed by atoms with Gasteiger partial charge in [-0.3, -0.25) is 9.97 Å². The molecule has 0 fully saturated rings. The Morgan fingerprint density at radius 2 is 1.15 bits per heavy atom. The summed E-state index contributed by atoms with van der Waals surface area (Å²) in [7, 11) is -1.50. The second-order valence-corrected chi connectivity index (χ2v) is 13.5. The highest BCUT2D eigenvalue weighted by atomic mass is 35.5. The van der Waals surface area contributed by atoms with Gasteiger partial charge in [0.2, 0.25) is 0 Å². The molecule has 4 aromatic rings. The first-order valence-electron chi connectivity index (χ1n) is 12.6. The first-order valence-corrected chi connectivity index (χ1v) is 17.1. The monoisotopic (exact) mass is 752 g/mol. The molecule has 46 heavy (non-hydrogen) atoms. The minimum atomic E-state index is -3.91. The van der Waals surface area contributed by atoms with Gasteiger partial charge in [0.15, 0.2) is 21.2 Å². The van der Waals surface area contributed by atoms with Crippen LogP contribution in [0.5, 0.6) is 0 Å². The van der Waals surface area contributed by atoms with Crippen molar-refractivity contribution in [2.45, 2.75) is 23.0 Å². The molecule has 0 aliphatic rings. The van der Waals surface area contributed by atoms with Gasteiger partial charge in [0.1, 0.15) is 11.6 Å². The van der Waals surface area contributed by atoms with Gasteiger partial charge >= 0.3 is 11.9 Å². The second-order valence-electron chi connectivity index (χ2n) is 8.85. The first-order chi connectivity index (χ1) is 21.8. The van der Waals surface area contributed by atoms with Crippen molar-refractivity contribution in [2.24, 2.45) is 0 Å². The van der Waals surface area contributed by atoms with E-state index in [2.05, 4.69) is 29.4 Å². The van der Waals surface area contributed by atoms with E-state index in [9.17, 15) is 26.8 Å². The maximum atomic E-state index is 13.9. The van der Waals surface area contributed by atoms with Crippen molar-refractivity contribution in [3.63, 3.8) is 0 Å². The largest absolute Gasteiger partial charge is 0.464 e. The number of benzene rings is 2. The summed E-state index contributed by atoms with van der Waals surface area (Å²) in [5.74, 6) is -3.27. The number of carbonyl (C=O) groups is 2. The summed E-state index contributed by atoms with van der Waals surface area (Å²) < 4.78 is 61.5. The summed E-state index contributed by atoms with van der Waals surface area (Å²) in [6.07, 6.45) is 5.36. The van der Waals surface area contributed by atoms with Gasteiger partial charge in [0, 0.05) is 47.4 Å². The van der Waals surface area contributed by atoms with Crippen LogP contribution in [0.4, 0.5) is 8.78 Å². The number of nitrogens with zero attached hydrogens (tertiary/aromatic N) is 4. The van der Waals surface area contributed by atoms with Crippen LogP contribution in [0.3, 0.4) is 0 Å². The molecule has 0 saturated heterocycles. The average molecular weight is 754 g/mol. The highest BCUT2D eigenvalue weighted by Crippen LogP contribution is 2.32. The highest BCUT2D eigenvalue weighted by Gasteiger charge is 2.24. The predicted molar refractivity (Wildman–Crippen MR) is 171 cm³/mol. The van der Waals surface area contributed by atoms with E-state index >= 15 is 0 Å². The van der Waals surface area contributed by atoms with Crippen LogP contribution in [0.1, 0.15) is 43.5 Å². The van der Waals surface area contributed by atoms with E-state index in [1.165, 1.54) is 61.9 Å². The highest BCUT2D eigenvalue weighted by molar-refractivity contribution is 7.97. The van der Waals surface area contributed by atoms with Crippen LogP contribution in [0.15, 0.2) is 49.1 Å². The number of sulfone groups is 1. The maximum absolute atomic E-state index is 13.9. The van der Waals surface area contributed by atoms with Crippen LogP contribution in [0.25, 0.3) is 0 Å². The fourth-order valence-electron chi connectivity index (χ4n) is 3.61. The van der Waals surface area contributed by atoms with Crippen LogP contribution in [-0.4, -0.2) is 54.5 Å². The van der Waals surface area contributed by atoms with Crippen molar-refractivity contribution in [3.8, 4) is 0 Å². The molecule has 0 unspecified atom stereocenters. The lowest BCUT2D eigenvalue weighted by Gasteiger charge is -2.10. The van der Waals surface area contributed by atoms with Gasteiger partial charge in [-0.25, -0.2) is 36.8 Å². The number of halogens is 6. The normalized spacial score (nSPS) is 11.0. The van der Waals surface area contributed by atoms with E-state index in [0.717, 1.165) is 13.2 Å². The molecule has 0 aliphatic carbocycles. The van der Waals surface area contributed by atoms with Gasteiger partial charge in [-0.15, -0.1) is 0 Å². The molecule has 0 atom stereocenters. The third-order valence-electron chi connectivity index (χ3n) is 5.79. The number of methoxy groups -OCH3 is 2. The molecule has 0 saturated carbocycles. The number of thioether (sulfide) groups is 1. The van der Waals surface area contributed by atoms with Crippen molar-refractivity contribution in [1.82, 2.24) is 19.9 Å². The average Bonchev–Trinajstić information content (AvgIpc) is 3.04. The molecule has 0 spiro atoms. The number of hydrogen-bond acceptors (Lipinski definition) is 11. The van der Waals surface area contributed by atoms with Crippen LogP contribution in [0, 0.1) is 11.6 Å². The number of ether oxygens (including phenoxy) is 2. The molecule has 2 aromatic heterocycles. The number of rotatable bonds is 10. The van der Waals surface area contributed by atoms with Gasteiger partial charge in [-0.2, -0.15) is 11.8 Å². The van der Waals surface area contributed by atoms with E-state index < -0.39 is 44.9 Å². The summed E-state index contributed by atoms with van der Waals surface area (Å²) in [5, 5.41) is 0.362. The standard InChI is InChI=1S/C14H11Cl2FN2O4S.C14H11Cl2FN2O2S/c1-23-14(20)13-11(18-4-5-19-13)7-24(21,22)6-8-10(17)3-2-9(15)12(8)16;1-21-14(20)13-11(18-4-5-19-13)7-22-6-8-10(17)3-2-9(15)12(8)16/h2-5H,6-7H2,1H3;2-5H,6-7H2,1H3. The number of carbonyl (C=O) groups excluding carboxylic acids is 2. The van der Waals surface area contributed by atoms with E-state index in [1.807, 2.05) is 0 Å². The molecule has 244 valence electrons. The zero-order valence-corrected chi connectivity index (χ0v) is 28.4. The SMILES string of the molecule is COC(=O)c1nccnc1CS(=O)(=O)Cc1c(F)ccc(Cl)c1Cl.COC(=O)c1nccnc1CSCc1c(F)ccc(Cl)c1Cl. The maximum Gasteiger partial charge on any atom is 0.358 e. The van der Waals surface area contributed by atoms with Crippen LogP contribution < -0.4 is 0 Å². The lowest BCUT2D eigenvalue weighted by atomic mass is 10.2. The van der Waals surface area contributed by atoms with Gasteiger partial charge in [-0.1, -0.05) is 46.4 Å². The third kappa shape index (κ3) is 9.93. The molecule has 2 aromatic carbocycles. The molecule has 4 rings (SSSR count). The van der Waals surface area contributed by atoms with Gasteiger partial charge in [0.05, 0.1) is 57.2 Å². The molecule has 10 nitrogen and oxygen atoms in total. The lowest BCUT2D eigenvalue weighted by molar-refractivity contribution is 0.0583. The minimum Gasteiger partial charge on any atom is -0.464 e. The molecule has 0 radical (unpaired) electrons. The molecule has 0 bridgehead atoms. The van der Waals surface area contributed by atoms with Crippen molar-refractivity contribution in [2.75, 3.05) is 14.2 Å². The number of aromatic nitrogens is 4. The van der Waals surface area contributed by atoms with E-state index in [4.69, 9.17) is 46.4 Å². The molecule has 0 N–H and O–H groups in total. The molecule has 0 amide bonds. The number of hydrogen-bond donors (Lipinski definition) is 0. The van der Waals surface area contributed by atoms with Crippen molar-refractivity contribution in [1.29, 1.82) is 0 Å². The van der Waals surface area contributed by atoms with Gasteiger partial charge < -0.3 is 9.47 Å². The van der Waals surface area contributed by atoms with Crippen LogP contribution in [0.2, 0.25) is 20.1 Å². The van der Waals surface area contributed by atoms with Crippen LogP contribution >= 0.6 is 58.2 Å². The van der Waals surface area contributed by atoms with Gasteiger partial charge in [-0.05, 0) is 24.3 Å². The Balaban J connectivity index is 0.000000251. The summed E-state index contributed by atoms with van der Waals surface area (Å²) >= 11 is 24.9. The van der Waals surface area contributed by atoms with Crippen molar-refractivity contribution < 1.29 is 36.3 Å². The minimum absolute atomic E-state index is 0.0398. The Kier molecular flexibility index (Phi) is 13.9. The molecular weight excluding hydrogens is 732 g/mol. The van der Waals surface area contributed by atoms with Crippen molar-refractivity contribution in [3.05, 3.63) is 115 Å². The van der Waals surface area contributed by atoms with Gasteiger partial charge in [0.25, 0.3) is 0 Å². The first kappa shape index (κ1) is 37.3. The van der Waals surface area contributed by atoms with E-state index in [0.29, 0.717) is 27.8 Å². The Labute approximate surface area is 286 Å². The number of esters is 2. The smallest absolute Gasteiger partial charge is 0.358 e. The Hall–Kier alpha value is -3.14. The van der Waals surface area contributed by atoms with E-state index in [-0.39, 0.29) is 37.7 Å². The Morgan fingerprint density at radius 3 is 1.70 bits per heavy atom. The lowest BCUT2D eigenvalue weighted by Crippen LogP contribution is -2.16. The third-order valence-corrected chi connectivity index (χ3v) is 9.89. The topological polar surface area (TPSA) is 138 Å². The van der Waals surface area contributed by atoms with Crippen LogP contribution in [-0.2, 0) is 42.3 Å². The fraction of sp³-hybridized carbons (Fsp3) is 0.214. The van der Waals surface area contributed by atoms with E-state index in [1.54, 1.807) is 0 Å². The molecule has 0 aliphatic heterocycles. The molecule has 18 heteroatoms. The summed E-state index contributed by atoms with van der Waals surface area (Å²) in [5.41, 5.74) is 0.382. The Morgan fingerprint density at radius 1 is 0.696 bits per heavy atom. The quantitative estimate of drug-likeness (QED) is 0.123. The summed E-state index contributed by atoms with van der Waals surface area (Å²) in [6, 6.07) is 4.94. The second kappa shape index (κ2) is 17.1. The zero-order chi connectivity index (χ0) is 34.0. The molecular formula is C28H22Cl4F2N4O6S2. The fourth-order valence-corrected chi connectivity index (χ4v) is 7.01.